The topological polar surface area (TPSA) is 78.5 Å². The molecule has 2 aliphatic rings. The minimum Gasteiger partial charge on any atom is -0.354 e. The molecule has 6 heteroatoms. The van der Waals surface area contributed by atoms with Gasteiger partial charge in [-0.05, 0) is 32.9 Å². The van der Waals surface area contributed by atoms with Gasteiger partial charge < -0.3 is 10.6 Å². The maximum atomic E-state index is 12.2. The summed E-state index contributed by atoms with van der Waals surface area (Å²) in [4.78, 5) is 37.3. The monoisotopic (exact) mass is 281 g/mol. The highest BCUT2D eigenvalue weighted by Gasteiger charge is 2.48. The Morgan fingerprint density at radius 3 is 2.30 bits per heavy atom. The van der Waals surface area contributed by atoms with Crippen molar-refractivity contribution in [2.75, 3.05) is 26.7 Å². The van der Waals surface area contributed by atoms with Gasteiger partial charge in [-0.3, -0.25) is 19.3 Å². The molecule has 20 heavy (non-hydrogen) atoms. The number of fused-ring (bicyclic) bond motifs is 1. The Hall–Kier alpha value is -1.43. The Morgan fingerprint density at radius 1 is 1.15 bits per heavy atom. The molecule has 2 unspecified atom stereocenters. The zero-order valence-corrected chi connectivity index (χ0v) is 12.0. The first kappa shape index (κ1) is 15.0. The lowest BCUT2D eigenvalue weighted by molar-refractivity contribution is -0.143. The zero-order chi connectivity index (χ0) is 14.5. The molecule has 2 fully saturated rings. The van der Waals surface area contributed by atoms with Crippen molar-refractivity contribution in [3.05, 3.63) is 0 Å². The van der Waals surface area contributed by atoms with Gasteiger partial charge in [0, 0.05) is 6.54 Å². The van der Waals surface area contributed by atoms with Crippen molar-refractivity contribution in [2.45, 2.75) is 32.1 Å². The van der Waals surface area contributed by atoms with Gasteiger partial charge in [0.05, 0.1) is 11.8 Å². The van der Waals surface area contributed by atoms with Gasteiger partial charge in [0.25, 0.3) is 0 Å². The number of rotatable bonds is 6. The van der Waals surface area contributed by atoms with Crippen LogP contribution in [0.5, 0.6) is 0 Å². The van der Waals surface area contributed by atoms with Gasteiger partial charge in [0.2, 0.25) is 17.7 Å². The van der Waals surface area contributed by atoms with Crippen LogP contribution in [0.2, 0.25) is 0 Å². The van der Waals surface area contributed by atoms with Crippen molar-refractivity contribution < 1.29 is 14.4 Å². The molecule has 1 heterocycles. The Bertz CT molecular complexity index is 373. The SMILES string of the molecule is CNCCCNC(=O)CN1C(=O)C2CCCCC2C1=O. The van der Waals surface area contributed by atoms with Crippen LogP contribution in [-0.4, -0.2) is 49.3 Å². The van der Waals surface area contributed by atoms with Gasteiger partial charge in [0.15, 0.2) is 0 Å². The molecule has 0 radical (unpaired) electrons. The zero-order valence-electron chi connectivity index (χ0n) is 12.0. The third-order valence-electron chi connectivity index (χ3n) is 4.16. The van der Waals surface area contributed by atoms with E-state index in [0.717, 1.165) is 43.5 Å². The average molecular weight is 281 g/mol. The number of hydrogen-bond donors (Lipinski definition) is 2. The molecule has 6 nitrogen and oxygen atoms in total. The Kier molecular flexibility index (Phi) is 5.11. The molecule has 2 N–H and O–H groups in total. The smallest absolute Gasteiger partial charge is 0.240 e. The van der Waals surface area contributed by atoms with Crippen LogP contribution in [0.4, 0.5) is 0 Å². The van der Waals surface area contributed by atoms with Gasteiger partial charge in [-0.25, -0.2) is 0 Å². The average Bonchev–Trinajstić information content (AvgIpc) is 2.69. The molecule has 2 rings (SSSR count). The molecule has 0 aromatic heterocycles. The summed E-state index contributed by atoms with van der Waals surface area (Å²) in [6, 6.07) is 0. The van der Waals surface area contributed by atoms with E-state index in [1.165, 1.54) is 0 Å². The molecule has 112 valence electrons. The summed E-state index contributed by atoms with van der Waals surface area (Å²) in [5.41, 5.74) is 0. The van der Waals surface area contributed by atoms with Crippen LogP contribution in [0.3, 0.4) is 0 Å². The number of nitrogens with one attached hydrogen (secondary N) is 2. The van der Waals surface area contributed by atoms with Crippen molar-refractivity contribution >= 4 is 17.7 Å². The lowest BCUT2D eigenvalue weighted by Crippen LogP contribution is -2.41. The Balaban J connectivity index is 1.84. The van der Waals surface area contributed by atoms with Crippen LogP contribution >= 0.6 is 0 Å². The molecule has 1 saturated carbocycles. The number of nitrogens with zero attached hydrogens (tertiary/aromatic N) is 1. The van der Waals surface area contributed by atoms with Crippen LogP contribution in [0.1, 0.15) is 32.1 Å². The van der Waals surface area contributed by atoms with E-state index in [1.807, 2.05) is 7.05 Å². The minimum atomic E-state index is -0.249. The second kappa shape index (κ2) is 6.83. The summed E-state index contributed by atoms with van der Waals surface area (Å²) in [6.07, 6.45) is 4.41. The van der Waals surface area contributed by atoms with Crippen molar-refractivity contribution in [1.29, 1.82) is 0 Å². The fourth-order valence-electron chi connectivity index (χ4n) is 3.08. The van der Waals surface area contributed by atoms with E-state index in [9.17, 15) is 14.4 Å². The highest BCUT2D eigenvalue weighted by atomic mass is 16.2. The van der Waals surface area contributed by atoms with E-state index in [0.29, 0.717) is 6.54 Å². The van der Waals surface area contributed by atoms with Gasteiger partial charge in [-0.15, -0.1) is 0 Å². The van der Waals surface area contributed by atoms with Crippen molar-refractivity contribution in [1.82, 2.24) is 15.5 Å². The van der Waals surface area contributed by atoms with Crippen molar-refractivity contribution in [3.63, 3.8) is 0 Å². The number of amides is 3. The van der Waals surface area contributed by atoms with Crippen LogP contribution in [0.25, 0.3) is 0 Å². The largest absolute Gasteiger partial charge is 0.354 e. The molecule has 0 bridgehead atoms. The Labute approximate surface area is 119 Å². The number of carbonyl (C=O) groups excluding carboxylic acids is 3. The first-order chi connectivity index (χ1) is 9.65. The molecule has 1 saturated heterocycles. The second-order valence-corrected chi connectivity index (χ2v) is 5.57. The highest BCUT2D eigenvalue weighted by Crippen LogP contribution is 2.37. The van der Waals surface area contributed by atoms with Crippen LogP contribution in [0.15, 0.2) is 0 Å². The molecule has 1 aliphatic heterocycles. The lowest BCUT2D eigenvalue weighted by atomic mass is 9.81. The Morgan fingerprint density at radius 2 is 1.75 bits per heavy atom. The number of hydrogen-bond acceptors (Lipinski definition) is 4. The quantitative estimate of drug-likeness (QED) is 0.526. The molecule has 0 spiro atoms. The first-order valence-electron chi connectivity index (χ1n) is 7.41. The third kappa shape index (κ3) is 3.17. The lowest BCUT2D eigenvalue weighted by Gasteiger charge is -2.19. The summed E-state index contributed by atoms with van der Waals surface area (Å²) in [5.74, 6) is -0.890. The van der Waals surface area contributed by atoms with Gasteiger partial charge in [0.1, 0.15) is 6.54 Å². The summed E-state index contributed by atoms with van der Waals surface area (Å²) < 4.78 is 0. The van der Waals surface area contributed by atoms with E-state index < -0.39 is 0 Å². The van der Waals surface area contributed by atoms with E-state index in [2.05, 4.69) is 10.6 Å². The summed E-state index contributed by atoms with van der Waals surface area (Å²) in [6.45, 7) is 1.26. The van der Waals surface area contributed by atoms with Gasteiger partial charge in [-0.1, -0.05) is 12.8 Å². The molecule has 3 amide bonds. The molecule has 1 aliphatic carbocycles. The van der Waals surface area contributed by atoms with Crippen LogP contribution < -0.4 is 10.6 Å². The molecule has 0 aromatic rings. The van der Waals surface area contributed by atoms with E-state index in [-0.39, 0.29) is 36.1 Å². The fraction of sp³-hybridized carbons (Fsp3) is 0.786. The van der Waals surface area contributed by atoms with Gasteiger partial charge >= 0.3 is 0 Å². The maximum absolute atomic E-state index is 12.2. The number of likely N-dealkylation sites (tertiary alicyclic amines) is 1. The molecular formula is C14H23N3O3. The number of imide groups is 1. The van der Waals surface area contributed by atoms with Gasteiger partial charge in [-0.2, -0.15) is 0 Å². The summed E-state index contributed by atoms with van der Waals surface area (Å²) in [7, 11) is 1.85. The van der Waals surface area contributed by atoms with Crippen molar-refractivity contribution in [2.24, 2.45) is 11.8 Å². The normalized spacial score (nSPS) is 25.8. The van der Waals surface area contributed by atoms with Crippen molar-refractivity contribution in [3.8, 4) is 0 Å². The summed E-state index contributed by atoms with van der Waals surface area (Å²) >= 11 is 0. The van der Waals surface area contributed by atoms with E-state index >= 15 is 0 Å². The first-order valence-corrected chi connectivity index (χ1v) is 7.41. The van der Waals surface area contributed by atoms with Crippen LogP contribution in [-0.2, 0) is 14.4 Å². The molecular weight excluding hydrogens is 258 g/mol. The van der Waals surface area contributed by atoms with Crippen LogP contribution in [0, 0.1) is 11.8 Å². The van der Waals surface area contributed by atoms with E-state index in [1.54, 1.807) is 0 Å². The summed E-state index contributed by atoms with van der Waals surface area (Å²) in [5, 5.41) is 5.73. The second-order valence-electron chi connectivity index (χ2n) is 5.57. The predicted octanol–water partition coefficient (Wildman–Crippen LogP) is -0.113. The number of carbonyl (C=O) groups is 3. The van der Waals surface area contributed by atoms with E-state index in [4.69, 9.17) is 0 Å². The third-order valence-corrected chi connectivity index (χ3v) is 4.16. The highest BCUT2D eigenvalue weighted by molar-refractivity contribution is 6.07. The fourth-order valence-corrected chi connectivity index (χ4v) is 3.08. The predicted molar refractivity (Wildman–Crippen MR) is 73.7 cm³/mol. The molecule has 0 aromatic carbocycles. The standard InChI is InChI=1S/C14H23N3O3/c1-15-7-4-8-16-12(18)9-17-13(19)10-5-2-3-6-11(10)14(17)20/h10-11,15H,2-9H2,1H3,(H,16,18). The maximum Gasteiger partial charge on any atom is 0.240 e. The minimum absolute atomic E-state index is 0.121. The molecule has 2 atom stereocenters.